The van der Waals surface area contributed by atoms with Gasteiger partial charge in [-0.2, -0.15) is 0 Å². The maximum absolute atomic E-state index is 13.4. The van der Waals surface area contributed by atoms with Crippen LogP contribution >= 0.6 is 0 Å². The highest BCUT2D eigenvalue weighted by molar-refractivity contribution is 7.85. The molecule has 0 aromatic heterocycles. The Morgan fingerprint density at radius 3 is 2.33 bits per heavy atom. The Hall–Kier alpha value is -1.95. The van der Waals surface area contributed by atoms with E-state index < -0.39 is 34.0 Å². The Labute approximate surface area is 122 Å². The minimum absolute atomic E-state index is 0.0239. The first-order valence-electron chi connectivity index (χ1n) is 6.06. The van der Waals surface area contributed by atoms with Crippen LogP contribution in [0.5, 0.6) is 0 Å². The summed E-state index contributed by atoms with van der Waals surface area (Å²) in [5.74, 6) is -3.50. The molecular formula is C15H11F3O2S. The van der Waals surface area contributed by atoms with Crippen LogP contribution in [0.15, 0.2) is 47.4 Å². The lowest BCUT2D eigenvalue weighted by atomic mass is 10.1. The lowest BCUT2D eigenvalue weighted by Gasteiger charge is -2.04. The summed E-state index contributed by atoms with van der Waals surface area (Å²) in [6.07, 6.45) is -0.192. The van der Waals surface area contributed by atoms with Crippen molar-refractivity contribution in [3.05, 3.63) is 65.5 Å². The van der Waals surface area contributed by atoms with Crippen molar-refractivity contribution in [1.82, 2.24) is 0 Å². The molecule has 0 aliphatic carbocycles. The minimum atomic E-state index is -1.79. The SMILES string of the molecule is O=C(Cc1ccccc1F)CS(=O)c1ccc(F)c(F)c1. The maximum atomic E-state index is 13.4. The normalized spacial score (nSPS) is 12.1. The highest BCUT2D eigenvalue weighted by Crippen LogP contribution is 2.14. The largest absolute Gasteiger partial charge is 0.298 e. The van der Waals surface area contributed by atoms with E-state index in [4.69, 9.17) is 0 Å². The van der Waals surface area contributed by atoms with Crippen molar-refractivity contribution in [3.8, 4) is 0 Å². The lowest BCUT2D eigenvalue weighted by molar-refractivity contribution is -0.116. The number of benzene rings is 2. The van der Waals surface area contributed by atoms with E-state index in [1.54, 1.807) is 6.07 Å². The van der Waals surface area contributed by atoms with Crippen LogP contribution in [0.2, 0.25) is 0 Å². The molecule has 110 valence electrons. The molecule has 0 radical (unpaired) electrons. The molecule has 0 saturated carbocycles. The topological polar surface area (TPSA) is 34.1 Å². The monoisotopic (exact) mass is 312 g/mol. The summed E-state index contributed by atoms with van der Waals surface area (Å²) >= 11 is 0. The molecule has 0 saturated heterocycles. The molecule has 21 heavy (non-hydrogen) atoms. The second kappa shape index (κ2) is 6.67. The summed E-state index contributed by atoms with van der Waals surface area (Å²) in [7, 11) is -1.79. The lowest BCUT2D eigenvalue weighted by Crippen LogP contribution is -2.14. The third-order valence-corrected chi connectivity index (χ3v) is 4.16. The quantitative estimate of drug-likeness (QED) is 0.850. The van der Waals surface area contributed by atoms with Gasteiger partial charge in [0.1, 0.15) is 11.6 Å². The van der Waals surface area contributed by atoms with Crippen LogP contribution in [-0.2, 0) is 22.0 Å². The van der Waals surface area contributed by atoms with Crippen LogP contribution in [0.3, 0.4) is 0 Å². The van der Waals surface area contributed by atoms with Gasteiger partial charge in [0.15, 0.2) is 11.6 Å². The molecule has 2 rings (SSSR count). The van der Waals surface area contributed by atoms with Gasteiger partial charge in [-0.05, 0) is 29.8 Å². The fraction of sp³-hybridized carbons (Fsp3) is 0.133. The number of ketones is 1. The molecule has 0 aliphatic heterocycles. The van der Waals surface area contributed by atoms with E-state index in [0.29, 0.717) is 0 Å². The summed E-state index contributed by atoms with van der Waals surface area (Å²) in [6, 6.07) is 8.60. The minimum Gasteiger partial charge on any atom is -0.298 e. The van der Waals surface area contributed by atoms with E-state index in [2.05, 4.69) is 0 Å². The molecule has 0 amide bonds. The van der Waals surface area contributed by atoms with Crippen molar-refractivity contribution in [2.45, 2.75) is 11.3 Å². The van der Waals surface area contributed by atoms with Gasteiger partial charge in [0.2, 0.25) is 0 Å². The average molecular weight is 312 g/mol. The number of carbonyl (C=O) groups is 1. The van der Waals surface area contributed by atoms with E-state index in [0.717, 1.165) is 18.2 Å². The highest BCUT2D eigenvalue weighted by atomic mass is 32.2. The zero-order chi connectivity index (χ0) is 15.4. The van der Waals surface area contributed by atoms with Crippen molar-refractivity contribution in [2.24, 2.45) is 0 Å². The first kappa shape index (κ1) is 15.4. The maximum Gasteiger partial charge on any atom is 0.160 e. The van der Waals surface area contributed by atoms with Crippen LogP contribution in [0.1, 0.15) is 5.56 Å². The first-order chi connectivity index (χ1) is 9.97. The van der Waals surface area contributed by atoms with Gasteiger partial charge in [-0.25, -0.2) is 13.2 Å². The molecule has 6 heteroatoms. The van der Waals surface area contributed by atoms with Crippen molar-refractivity contribution >= 4 is 16.6 Å². The molecule has 0 bridgehead atoms. The van der Waals surface area contributed by atoms with Gasteiger partial charge >= 0.3 is 0 Å². The number of hydrogen-bond acceptors (Lipinski definition) is 2. The van der Waals surface area contributed by atoms with E-state index in [1.165, 1.54) is 18.2 Å². The molecule has 2 aromatic carbocycles. The standard InChI is InChI=1S/C15H11F3O2S/c16-13-4-2-1-3-10(13)7-11(19)9-21(20)12-5-6-14(17)15(18)8-12/h1-6,8H,7,9H2. The van der Waals surface area contributed by atoms with E-state index in [-0.39, 0.29) is 22.6 Å². The van der Waals surface area contributed by atoms with Gasteiger partial charge in [-0.3, -0.25) is 9.00 Å². The molecule has 0 heterocycles. The van der Waals surface area contributed by atoms with Crippen LogP contribution in [0.25, 0.3) is 0 Å². The number of Topliss-reactive ketones (excluding diaryl/α,β-unsaturated/α-hetero) is 1. The predicted octanol–water partition coefficient (Wildman–Crippen LogP) is 3.02. The highest BCUT2D eigenvalue weighted by Gasteiger charge is 2.14. The van der Waals surface area contributed by atoms with Gasteiger partial charge in [-0.1, -0.05) is 18.2 Å². The van der Waals surface area contributed by atoms with E-state index in [1.807, 2.05) is 0 Å². The fourth-order valence-electron chi connectivity index (χ4n) is 1.75. The number of rotatable bonds is 5. The third kappa shape index (κ3) is 4.01. The van der Waals surface area contributed by atoms with E-state index >= 15 is 0 Å². The Morgan fingerprint density at radius 1 is 0.952 bits per heavy atom. The van der Waals surface area contributed by atoms with E-state index in [9.17, 15) is 22.2 Å². The van der Waals surface area contributed by atoms with Crippen molar-refractivity contribution in [2.75, 3.05) is 5.75 Å². The van der Waals surface area contributed by atoms with Crippen molar-refractivity contribution in [1.29, 1.82) is 0 Å². The molecular weight excluding hydrogens is 301 g/mol. The summed E-state index contributed by atoms with van der Waals surface area (Å²) in [6.45, 7) is 0. The van der Waals surface area contributed by atoms with Crippen LogP contribution in [-0.4, -0.2) is 15.7 Å². The Kier molecular flexibility index (Phi) is 4.90. The van der Waals surface area contributed by atoms with Crippen LogP contribution in [0.4, 0.5) is 13.2 Å². The number of hydrogen-bond donors (Lipinski definition) is 0. The zero-order valence-electron chi connectivity index (χ0n) is 10.8. The Morgan fingerprint density at radius 2 is 1.67 bits per heavy atom. The molecule has 2 aromatic rings. The molecule has 0 spiro atoms. The van der Waals surface area contributed by atoms with Crippen LogP contribution < -0.4 is 0 Å². The number of halogens is 3. The molecule has 0 N–H and O–H groups in total. The first-order valence-corrected chi connectivity index (χ1v) is 7.38. The summed E-state index contributed by atoms with van der Waals surface area (Å²) in [5, 5.41) is 0. The van der Waals surface area contributed by atoms with Crippen molar-refractivity contribution < 1.29 is 22.2 Å². The van der Waals surface area contributed by atoms with Gasteiger partial charge in [0, 0.05) is 11.3 Å². The predicted molar refractivity (Wildman–Crippen MR) is 72.7 cm³/mol. The molecule has 1 atom stereocenters. The summed E-state index contributed by atoms with van der Waals surface area (Å²) < 4.78 is 51.1. The summed E-state index contributed by atoms with van der Waals surface area (Å²) in [5.41, 5.74) is 0.213. The molecule has 1 unspecified atom stereocenters. The Balaban J connectivity index is 2.04. The Bertz CT molecular complexity index is 701. The molecule has 0 fully saturated rings. The van der Waals surface area contributed by atoms with Crippen LogP contribution in [0, 0.1) is 17.5 Å². The van der Waals surface area contributed by atoms with Gasteiger partial charge in [0.05, 0.1) is 16.6 Å². The third-order valence-electron chi connectivity index (χ3n) is 2.79. The number of carbonyl (C=O) groups excluding carboxylic acids is 1. The van der Waals surface area contributed by atoms with Gasteiger partial charge in [-0.15, -0.1) is 0 Å². The zero-order valence-corrected chi connectivity index (χ0v) is 11.6. The molecule has 2 nitrogen and oxygen atoms in total. The second-order valence-electron chi connectivity index (χ2n) is 4.37. The average Bonchev–Trinajstić information content (AvgIpc) is 2.44. The second-order valence-corrected chi connectivity index (χ2v) is 5.82. The fourth-order valence-corrected chi connectivity index (χ4v) is 2.77. The molecule has 0 aliphatic rings. The smallest absolute Gasteiger partial charge is 0.160 e. The van der Waals surface area contributed by atoms with Gasteiger partial charge < -0.3 is 0 Å². The van der Waals surface area contributed by atoms with Gasteiger partial charge in [0.25, 0.3) is 0 Å². The van der Waals surface area contributed by atoms with Crippen molar-refractivity contribution in [3.63, 3.8) is 0 Å². The summed E-state index contributed by atoms with van der Waals surface area (Å²) in [4.78, 5) is 11.8.